The predicted molar refractivity (Wildman–Crippen MR) is 107 cm³/mol. The first kappa shape index (κ1) is 20.0. The van der Waals surface area contributed by atoms with Gasteiger partial charge in [0.15, 0.2) is 0 Å². The monoisotopic (exact) mass is 344 g/mol. The van der Waals surface area contributed by atoms with Crippen LogP contribution < -0.4 is 4.74 Å². The molecule has 1 aromatic carbocycles. The lowest BCUT2D eigenvalue weighted by atomic mass is 10.1. The van der Waals surface area contributed by atoms with Crippen LogP contribution in [0.5, 0.6) is 5.75 Å². The third kappa shape index (κ3) is 9.11. The van der Waals surface area contributed by atoms with E-state index in [1.54, 1.807) is 0 Å². The Hall–Kier alpha value is -1.28. The Labute approximate surface area is 154 Å². The molecule has 1 atom stereocenters. The molecule has 0 saturated carbocycles. The van der Waals surface area contributed by atoms with Crippen LogP contribution in [-0.2, 0) is 4.74 Å². The standard InChI is InChI=1S/C23H36O2/c1-3-4-5-6-7-8-9-10-11-12-13-14-21-15-17-22(18-16-21)24-19-23(2)20-25-23/h13-18H,3-12,19-20H2,1-2H3/b14-13+. The zero-order chi connectivity index (χ0) is 17.8. The van der Waals surface area contributed by atoms with Crippen molar-refractivity contribution >= 4 is 6.08 Å². The van der Waals surface area contributed by atoms with Crippen LogP contribution in [0.2, 0.25) is 0 Å². The van der Waals surface area contributed by atoms with E-state index in [0.29, 0.717) is 6.61 Å². The summed E-state index contributed by atoms with van der Waals surface area (Å²) in [4.78, 5) is 0. The van der Waals surface area contributed by atoms with Gasteiger partial charge in [0.1, 0.15) is 18.0 Å². The molecule has 140 valence electrons. The van der Waals surface area contributed by atoms with Gasteiger partial charge in [0, 0.05) is 0 Å². The van der Waals surface area contributed by atoms with E-state index in [0.717, 1.165) is 12.4 Å². The third-order valence-electron chi connectivity index (χ3n) is 4.85. The van der Waals surface area contributed by atoms with Gasteiger partial charge >= 0.3 is 0 Å². The van der Waals surface area contributed by atoms with Crippen molar-refractivity contribution in [2.45, 2.75) is 83.7 Å². The number of hydrogen-bond donors (Lipinski definition) is 0. The number of unbranched alkanes of at least 4 members (excludes halogenated alkanes) is 9. The number of hydrogen-bond acceptors (Lipinski definition) is 2. The Morgan fingerprint density at radius 2 is 1.56 bits per heavy atom. The summed E-state index contributed by atoms with van der Waals surface area (Å²) in [6, 6.07) is 8.34. The van der Waals surface area contributed by atoms with Crippen molar-refractivity contribution < 1.29 is 9.47 Å². The fraction of sp³-hybridized carbons (Fsp3) is 0.652. The summed E-state index contributed by atoms with van der Waals surface area (Å²) in [5, 5.41) is 0. The van der Waals surface area contributed by atoms with Gasteiger partial charge in [0.25, 0.3) is 0 Å². The fourth-order valence-electron chi connectivity index (χ4n) is 2.91. The quantitative estimate of drug-likeness (QED) is 0.274. The lowest BCUT2D eigenvalue weighted by Gasteiger charge is -2.08. The van der Waals surface area contributed by atoms with Crippen molar-refractivity contribution in [3.63, 3.8) is 0 Å². The first-order chi connectivity index (χ1) is 12.2. The van der Waals surface area contributed by atoms with Gasteiger partial charge in [0.2, 0.25) is 0 Å². The van der Waals surface area contributed by atoms with Crippen molar-refractivity contribution in [3.8, 4) is 5.75 Å². The Kier molecular flexibility index (Phi) is 9.10. The van der Waals surface area contributed by atoms with Crippen LogP contribution in [0.1, 0.15) is 83.6 Å². The molecule has 0 amide bonds. The van der Waals surface area contributed by atoms with Gasteiger partial charge in [-0.2, -0.15) is 0 Å². The lowest BCUT2D eigenvalue weighted by Crippen LogP contribution is -2.16. The van der Waals surface area contributed by atoms with Crippen molar-refractivity contribution in [1.29, 1.82) is 0 Å². The Balaban J connectivity index is 1.48. The van der Waals surface area contributed by atoms with Gasteiger partial charge in [-0.05, 0) is 37.5 Å². The Morgan fingerprint density at radius 3 is 2.16 bits per heavy atom. The molecule has 1 aliphatic heterocycles. The van der Waals surface area contributed by atoms with Crippen LogP contribution in [0.3, 0.4) is 0 Å². The van der Waals surface area contributed by atoms with Crippen LogP contribution in [0.25, 0.3) is 6.08 Å². The average Bonchev–Trinajstić information content (AvgIpc) is 3.37. The minimum Gasteiger partial charge on any atom is -0.491 e. The maximum Gasteiger partial charge on any atom is 0.123 e. The summed E-state index contributed by atoms with van der Waals surface area (Å²) in [6.45, 7) is 5.81. The van der Waals surface area contributed by atoms with Crippen molar-refractivity contribution in [2.24, 2.45) is 0 Å². The van der Waals surface area contributed by atoms with Crippen LogP contribution in [0.4, 0.5) is 0 Å². The largest absolute Gasteiger partial charge is 0.491 e. The van der Waals surface area contributed by atoms with E-state index in [2.05, 4.69) is 38.1 Å². The van der Waals surface area contributed by atoms with Crippen LogP contribution >= 0.6 is 0 Å². The van der Waals surface area contributed by atoms with E-state index in [-0.39, 0.29) is 5.60 Å². The molecule has 1 saturated heterocycles. The first-order valence-electron chi connectivity index (χ1n) is 10.3. The highest BCUT2D eigenvalue weighted by atomic mass is 16.6. The molecular weight excluding hydrogens is 308 g/mol. The van der Waals surface area contributed by atoms with Gasteiger partial charge in [0.05, 0.1) is 6.61 Å². The Morgan fingerprint density at radius 1 is 0.960 bits per heavy atom. The Bertz CT molecular complexity index is 485. The van der Waals surface area contributed by atoms with Crippen LogP contribution in [-0.4, -0.2) is 18.8 Å². The zero-order valence-electron chi connectivity index (χ0n) is 16.3. The maximum atomic E-state index is 5.75. The molecule has 25 heavy (non-hydrogen) atoms. The van der Waals surface area contributed by atoms with E-state index < -0.39 is 0 Å². The predicted octanol–water partition coefficient (Wildman–Crippen LogP) is 6.79. The summed E-state index contributed by atoms with van der Waals surface area (Å²) in [5.41, 5.74) is 1.20. The molecule has 1 unspecified atom stereocenters. The topological polar surface area (TPSA) is 21.8 Å². The van der Waals surface area contributed by atoms with Gasteiger partial charge in [-0.25, -0.2) is 0 Å². The second-order valence-electron chi connectivity index (χ2n) is 7.62. The minimum atomic E-state index is -0.0475. The summed E-state index contributed by atoms with van der Waals surface area (Å²) < 4.78 is 11.1. The molecule has 0 aliphatic carbocycles. The summed E-state index contributed by atoms with van der Waals surface area (Å²) in [6.07, 6.45) is 18.2. The molecule has 2 heteroatoms. The third-order valence-corrected chi connectivity index (χ3v) is 4.85. The van der Waals surface area contributed by atoms with Gasteiger partial charge in [-0.3, -0.25) is 0 Å². The second-order valence-corrected chi connectivity index (χ2v) is 7.62. The molecule has 0 N–H and O–H groups in total. The SMILES string of the molecule is CCCCCCCCCCC/C=C/c1ccc(OCC2(C)CO2)cc1. The van der Waals surface area contributed by atoms with Gasteiger partial charge in [-0.15, -0.1) is 0 Å². The molecule has 0 radical (unpaired) electrons. The number of ether oxygens (including phenoxy) is 2. The van der Waals surface area contributed by atoms with Crippen molar-refractivity contribution in [2.75, 3.05) is 13.2 Å². The summed E-state index contributed by atoms with van der Waals surface area (Å²) in [5.74, 6) is 0.924. The molecule has 2 rings (SSSR count). The smallest absolute Gasteiger partial charge is 0.123 e. The number of benzene rings is 1. The van der Waals surface area contributed by atoms with E-state index in [1.165, 1.54) is 69.8 Å². The van der Waals surface area contributed by atoms with E-state index in [1.807, 2.05) is 12.1 Å². The molecule has 0 bridgehead atoms. The molecule has 1 heterocycles. The van der Waals surface area contributed by atoms with Crippen molar-refractivity contribution in [3.05, 3.63) is 35.9 Å². The number of rotatable bonds is 14. The normalized spacial score (nSPS) is 19.4. The minimum absolute atomic E-state index is 0.0475. The molecular formula is C23H36O2. The highest BCUT2D eigenvalue weighted by Crippen LogP contribution is 2.27. The molecule has 1 fully saturated rings. The van der Waals surface area contributed by atoms with Crippen LogP contribution in [0.15, 0.2) is 30.3 Å². The average molecular weight is 345 g/mol. The zero-order valence-corrected chi connectivity index (χ0v) is 16.3. The summed E-state index contributed by atoms with van der Waals surface area (Å²) in [7, 11) is 0. The molecule has 0 aromatic heterocycles. The molecule has 1 aliphatic rings. The summed E-state index contributed by atoms with van der Waals surface area (Å²) >= 11 is 0. The maximum absolute atomic E-state index is 5.75. The number of epoxide rings is 1. The molecule has 0 spiro atoms. The fourth-order valence-corrected chi connectivity index (χ4v) is 2.91. The van der Waals surface area contributed by atoms with E-state index in [4.69, 9.17) is 9.47 Å². The molecule has 1 aromatic rings. The second kappa shape index (κ2) is 11.4. The highest BCUT2D eigenvalue weighted by molar-refractivity contribution is 5.50. The number of allylic oxidation sites excluding steroid dienone is 1. The highest BCUT2D eigenvalue weighted by Gasteiger charge is 2.40. The van der Waals surface area contributed by atoms with E-state index in [9.17, 15) is 0 Å². The lowest BCUT2D eigenvalue weighted by molar-refractivity contribution is 0.202. The van der Waals surface area contributed by atoms with Gasteiger partial charge < -0.3 is 9.47 Å². The van der Waals surface area contributed by atoms with Gasteiger partial charge in [-0.1, -0.05) is 82.6 Å². The first-order valence-corrected chi connectivity index (χ1v) is 10.3. The molecule has 2 nitrogen and oxygen atoms in total. The van der Waals surface area contributed by atoms with Crippen LogP contribution in [0, 0.1) is 0 Å². The van der Waals surface area contributed by atoms with Crippen molar-refractivity contribution in [1.82, 2.24) is 0 Å². The van der Waals surface area contributed by atoms with E-state index >= 15 is 0 Å².